The molecule has 1 aromatic rings. The van der Waals surface area contributed by atoms with Crippen molar-refractivity contribution in [2.24, 2.45) is 0 Å². The van der Waals surface area contributed by atoms with Crippen LogP contribution in [-0.2, 0) is 11.3 Å². The lowest BCUT2D eigenvalue weighted by molar-refractivity contribution is -0.122. The molecular weight excluding hydrogens is 307 g/mol. The van der Waals surface area contributed by atoms with Crippen molar-refractivity contribution in [2.45, 2.75) is 25.9 Å². The zero-order valence-corrected chi connectivity index (χ0v) is 14.4. The Bertz CT molecular complexity index is 566. The Labute approximate surface area is 143 Å². The van der Waals surface area contributed by atoms with Crippen molar-refractivity contribution >= 4 is 5.91 Å². The molecule has 2 heterocycles. The van der Waals surface area contributed by atoms with E-state index < -0.39 is 0 Å². The highest BCUT2D eigenvalue weighted by molar-refractivity contribution is 5.78. The maximum Gasteiger partial charge on any atom is 0.234 e. The van der Waals surface area contributed by atoms with Gasteiger partial charge < -0.3 is 10.6 Å². The van der Waals surface area contributed by atoms with E-state index >= 15 is 0 Å². The second-order valence-corrected chi connectivity index (χ2v) is 6.82. The molecule has 1 atom stereocenters. The quantitative estimate of drug-likeness (QED) is 0.833. The van der Waals surface area contributed by atoms with Gasteiger partial charge in [-0.05, 0) is 37.1 Å². The van der Waals surface area contributed by atoms with Gasteiger partial charge in [-0.3, -0.25) is 14.6 Å². The maximum absolute atomic E-state index is 13.5. The fourth-order valence-electron chi connectivity index (χ4n) is 3.44. The number of piperazine rings is 1. The van der Waals surface area contributed by atoms with Crippen LogP contribution in [0, 0.1) is 12.7 Å². The van der Waals surface area contributed by atoms with Crippen molar-refractivity contribution in [1.82, 2.24) is 20.4 Å². The third kappa shape index (κ3) is 4.53. The van der Waals surface area contributed by atoms with E-state index in [0.717, 1.165) is 44.8 Å². The number of halogens is 1. The van der Waals surface area contributed by atoms with Crippen molar-refractivity contribution < 1.29 is 9.18 Å². The molecule has 0 radical (unpaired) electrons. The normalized spacial score (nSPS) is 22.7. The maximum atomic E-state index is 13.5. The third-order valence-electron chi connectivity index (χ3n) is 5.05. The van der Waals surface area contributed by atoms with Gasteiger partial charge in [0, 0.05) is 45.3 Å². The molecule has 24 heavy (non-hydrogen) atoms. The lowest BCUT2D eigenvalue weighted by atomic mass is 10.1. The Hall–Kier alpha value is -1.50. The number of aryl methyl sites for hydroxylation is 1. The van der Waals surface area contributed by atoms with Crippen molar-refractivity contribution in [3.8, 4) is 0 Å². The number of benzene rings is 1. The van der Waals surface area contributed by atoms with E-state index in [1.54, 1.807) is 13.0 Å². The molecular formula is C18H27FN4O. The summed E-state index contributed by atoms with van der Waals surface area (Å²) in [5, 5.41) is 6.30. The molecule has 3 rings (SSSR count). The largest absolute Gasteiger partial charge is 0.351 e. The van der Waals surface area contributed by atoms with Gasteiger partial charge in [0.25, 0.3) is 0 Å². The van der Waals surface area contributed by atoms with Gasteiger partial charge in [0.1, 0.15) is 5.82 Å². The second-order valence-electron chi connectivity index (χ2n) is 6.82. The monoisotopic (exact) mass is 334 g/mol. The van der Waals surface area contributed by atoms with Gasteiger partial charge in [-0.25, -0.2) is 4.39 Å². The van der Waals surface area contributed by atoms with E-state index in [-0.39, 0.29) is 11.7 Å². The fourth-order valence-corrected chi connectivity index (χ4v) is 3.44. The minimum Gasteiger partial charge on any atom is -0.351 e. The van der Waals surface area contributed by atoms with Gasteiger partial charge in [-0.15, -0.1) is 0 Å². The minimum absolute atomic E-state index is 0.00645. The first-order chi connectivity index (χ1) is 11.6. The summed E-state index contributed by atoms with van der Waals surface area (Å²) in [6.07, 6.45) is 1.23. The van der Waals surface area contributed by atoms with Crippen molar-refractivity contribution in [3.05, 3.63) is 35.1 Å². The first-order valence-corrected chi connectivity index (χ1v) is 8.80. The Balaban J connectivity index is 1.38. The number of carbonyl (C=O) groups is 1. The first kappa shape index (κ1) is 17.3. The molecule has 1 unspecified atom stereocenters. The van der Waals surface area contributed by atoms with Crippen LogP contribution in [0.1, 0.15) is 17.5 Å². The highest BCUT2D eigenvalue weighted by atomic mass is 19.1. The summed E-state index contributed by atoms with van der Waals surface area (Å²) in [6.45, 7) is 8.67. The molecule has 0 bridgehead atoms. The highest BCUT2D eigenvalue weighted by Gasteiger charge is 2.26. The van der Waals surface area contributed by atoms with Crippen LogP contribution in [0.5, 0.6) is 0 Å². The fraction of sp³-hybridized carbons (Fsp3) is 0.611. The zero-order valence-electron chi connectivity index (χ0n) is 14.4. The number of amides is 1. The highest BCUT2D eigenvalue weighted by Crippen LogP contribution is 2.12. The molecule has 2 aliphatic rings. The van der Waals surface area contributed by atoms with E-state index in [1.165, 1.54) is 12.5 Å². The Morgan fingerprint density at radius 1 is 1.33 bits per heavy atom. The smallest absolute Gasteiger partial charge is 0.234 e. The molecule has 0 spiro atoms. The topological polar surface area (TPSA) is 47.6 Å². The Morgan fingerprint density at radius 3 is 2.79 bits per heavy atom. The molecule has 2 N–H and O–H groups in total. The molecule has 1 amide bonds. The Kier molecular flexibility index (Phi) is 5.81. The number of carbonyl (C=O) groups excluding carboxylic acids is 1. The lowest BCUT2D eigenvalue weighted by Crippen LogP contribution is -2.52. The molecule has 5 nitrogen and oxygen atoms in total. The molecule has 0 aliphatic carbocycles. The molecule has 2 saturated heterocycles. The molecule has 1 aromatic carbocycles. The van der Waals surface area contributed by atoms with E-state index in [9.17, 15) is 9.18 Å². The van der Waals surface area contributed by atoms with Crippen molar-refractivity contribution in [3.63, 3.8) is 0 Å². The van der Waals surface area contributed by atoms with Crippen LogP contribution in [-0.4, -0.2) is 67.6 Å². The predicted molar refractivity (Wildman–Crippen MR) is 92.3 cm³/mol. The number of hydrogen-bond acceptors (Lipinski definition) is 4. The molecule has 132 valence electrons. The number of rotatable bonds is 5. The average molecular weight is 334 g/mol. The van der Waals surface area contributed by atoms with Crippen LogP contribution in [0.25, 0.3) is 0 Å². The predicted octanol–water partition coefficient (Wildman–Crippen LogP) is 0.730. The summed E-state index contributed by atoms with van der Waals surface area (Å²) >= 11 is 0. The zero-order chi connectivity index (χ0) is 16.9. The van der Waals surface area contributed by atoms with E-state index in [0.29, 0.717) is 24.7 Å². The second kappa shape index (κ2) is 8.05. The van der Waals surface area contributed by atoms with E-state index in [4.69, 9.17) is 0 Å². The van der Waals surface area contributed by atoms with Gasteiger partial charge in [0.05, 0.1) is 6.54 Å². The van der Waals surface area contributed by atoms with Crippen LogP contribution in [0.3, 0.4) is 0 Å². The first-order valence-electron chi connectivity index (χ1n) is 8.80. The Morgan fingerprint density at radius 2 is 2.12 bits per heavy atom. The summed E-state index contributed by atoms with van der Waals surface area (Å²) < 4.78 is 13.5. The van der Waals surface area contributed by atoms with Gasteiger partial charge in [0.2, 0.25) is 5.91 Å². The number of hydrogen-bond donors (Lipinski definition) is 2. The van der Waals surface area contributed by atoms with Crippen LogP contribution < -0.4 is 10.6 Å². The third-order valence-corrected chi connectivity index (χ3v) is 5.05. The molecule has 2 aliphatic heterocycles. The van der Waals surface area contributed by atoms with Crippen molar-refractivity contribution in [1.29, 1.82) is 0 Å². The lowest BCUT2D eigenvalue weighted by Gasteiger charge is -2.37. The van der Waals surface area contributed by atoms with E-state index in [1.807, 2.05) is 6.07 Å². The molecule has 2 fully saturated rings. The summed E-state index contributed by atoms with van der Waals surface area (Å²) in [4.78, 5) is 16.8. The van der Waals surface area contributed by atoms with E-state index in [2.05, 4.69) is 20.4 Å². The van der Waals surface area contributed by atoms with Crippen LogP contribution >= 0.6 is 0 Å². The van der Waals surface area contributed by atoms with Crippen molar-refractivity contribution in [2.75, 3.05) is 45.8 Å². The number of nitrogens with one attached hydrogen (secondary N) is 2. The van der Waals surface area contributed by atoms with Crippen LogP contribution in [0.4, 0.5) is 4.39 Å². The molecule has 0 aromatic heterocycles. The van der Waals surface area contributed by atoms with Gasteiger partial charge in [0.15, 0.2) is 0 Å². The van der Waals surface area contributed by atoms with Gasteiger partial charge >= 0.3 is 0 Å². The average Bonchev–Trinajstić information content (AvgIpc) is 3.11. The minimum atomic E-state index is -0.223. The molecule has 6 heteroatoms. The van der Waals surface area contributed by atoms with Gasteiger partial charge in [-0.2, -0.15) is 0 Å². The molecule has 0 saturated carbocycles. The number of nitrogens with zero attached hydrogens (tertiary/aromatic N) is 2. The summed E-state index contributed by atoms with van der Waals surface area (Å²) in [6, 6.07) is 5.75. The van der Waals surface area contributed by atoms with Gasteiger partial charge in [-0.1, -0.05) is 12.1 Å². The van der Waals surface area contributed by atoms with Crippen LogP contribution in [0.2, 0.25) is 0 Å². The SMILES string of the molecule is Cc1ccc(CNC(=O)CN2CCN(C3CCNC3)CC2)cc1F. The van der Waals surface area contributed by atoms with Crippen LogP contribution in [0.15, 0.2) is 18.2 Å². The summed E-state index contributed by atoms with van der Waals surface area (Å²) in [5.74, 6) is -0.216. The standard InChI is InChI=1S/C18H27FN4O/c1-14-2-3-15(10-17(14)19)11-21-18(24)13-22-6-8-23(9-7-22)16-4-5-20-12-16/h2-3,10,16,20H,4-9,11-13H2,1H3,(H,21,24). The summed E-state index contributed by atoms with van der Waals surface area (Å²) in [7, 11) is 0. The summed E-state index contributed by atoms with van der Waals surface area (Å²) in [5.41, 5.74) is 1.42.